The number of nitrogens with one attached hydrogen (secondary N) is 1. The van der Waals surface area contributed by atoms with Crippen molar-refractivity contribution in [2.24, 2.45) is 11.8 Å². The van der Waals surface area contributed by atoms with Gasteiger partial charge in [-0.25, -0.2) is 0 Å². The van der Waals surface area contributed by atoms with Crippen LogP contribution in [0.5, 0.6) is 0 Å². The fourth-order valence-corrected chi connectivity index (χ4v) is 4.31. The summed E-state index contributed by atoms with van der Waals surface area (Å²) in [4.78, 5) is 25.6. The van der Waals surface area contributed by atoms with Gasteiger partial charge in [-0.05, 0) is 42.9 Å². The molecule has 2 aromatic rings. The zero-order valence-electron chi connectivity index (χ0n) is 17.0. The number of carbonyl (C=O) groups excluding carboxylic acids is 1. The summed E-state index contributed by atoms with van der Waals surface area (Å²) in [6.45, 7) is 3.89. The maximum atomic E-state index is 13.0. The molecule has 1 aromatic heterocycles. The maximum absolute atomic E-state index is 13.0. The fourth-order valence-electron chi connectivity index (χ4n) is 4.31. The number of hydrogen-bond donors (Lipinski definition) is 2. The van der Waals surface area contributed by atoms with Crippen molar-refractivity contribution in [2.45, 2.75) is 64.8 Å². The van der Waals surface area contributed by atoms with Crippen molar-refractivity contribution in [3.8, 4) is 0 Å². The van der Waals surface area contributed by atoms with Gasteiger partial charge in [0.15, 0.2) is 0 Å². The number of aliphatic hydroxyl groups is 1. The van der Waals surface area contributed by atoms with E-state index in [9.17, 15) is 14.7 Å². The molecule has 1 aliphatic rings. The molecule has 28 heavy (non-hydrogen) atoms. The second-order valence-corrected chi connectivity index (χ2v) is 8.40. The van der Waals surface area contributed by atoms with E-state index in [0.717, 1.165) is 18.2 Å². The summed E-state index contributed by atoms with van der Waals surface area (Å²) in [5, 5.41) is 14.0. The molecule has 1 heterocycles. The van der Waals surface area contributed by atoms with E-state index in [1.807, 2.05) is 26.0 Å². The third-order valence-corrected chi connectivity index (χ3v) is 6.01. The van der Waals surface area contributed by atoms with E-state index in [1.54, 1.807) is 22.9 Å². The zero-order chi connectivity index (χ0) is 20.1. The number of carbonyl (C=O) groups is 1. The van der Waals surface area contributed by atoms with Gasteiger partial charge in [0, 0.05) is 29.1 Å². The molecular weight excluding hydrogens is 352 g/mol. The monoisotopic (exact) mass is 384 g/mol. The average Bonchev–Trinajstić information content (AvgIpc) is 2.93. The molecule has 0 spiro atoms. The average molecular weight is 385 g/mol. The standard InChI is InChI=1S/C23H32N2O3/c1-16(2)21(15-26)25-13-12-18-19(23(25)28)10-7-11-20(18)24-22(27)14-17-8-5-3-4-6-9-17/h7,10-13,16-17,21,26H,3-6,8-9,14-15H2,1-2H3,(H,24,27)/t21-/m0/s1. The molecule has 1 saturated carbocycles. The smallest absolute Gasteiger partial charge is 0.258 e. The number of aromatic nitrogens is 1. The normalized spacial score (nSPS) is 16.9. The highest BCUT2D eigenvalue weighted by molar-refractivity contribution is 6.01. The van der Waals surface area contributed by atoms with Crippen LogP contribution in [0.3, 0.4) is 0 Å². The first-order chi connectivity index (χ1) is 13.5. The molecule has 0 bridgehead atoms. The Labute approximate surface area is 166 Å². The maximum Gasteiger partial charge on any atom is 0.258 e. The number of anilines is 1. The first-order valence-electron chi connectivity index (χ1n) is 10.6. The van der Waals surface area contributed by atoms with E-state index in [1.165, 1.54) is 25.7 Å². The lowest BCUT2D eigenvalue weighted by atomic mass is 9.96. The molecule has 3 rings (SSSR count). The first kappa shape index (κ1) is 20.6. The van der Waals surface area contributed by atoms with Crippen LogP contribution in [-0.4, -0.2) is 22.2 Å². The number of rotatable bonds is 6. The van der Waals surface area contributed by atoms with E-state index in [0.29, 0.717) is 23.4 Å². The predicted octanol–water partition coefficient (Wildman–Crippen LogP) is 4.49. The Hall–Kier alpha value is -2.14. The minimum Gasteiger partial charge on any atom is -0.394 e. The van der Waals surface area contributed by atoms with Crippen molar-refractivity contribution in [3.63, 3.8) is 0 Å². The van der Waals surface area contributed by atoms with Crippen molar-refractivity contribution in [1.82, 2.24) is 4.57 Å². The van der Waals surface area contributed by atoms with Gasteiger partial charge in [0.2, 0.25) is 5.91 Å². The van der Waals surface area contributed by atoms with Crippen LogP contribution in [0.2, 0.25) is 0 Å². The summed E-state index contributed by atoms with van der Waals surface area (Å²) in [7, 11) is 0. The summed E-state index contributed by atoms with van der Waals surface area (Å²) < 4.78 is 1.60. The predicted molar refractivity (Wildman–Crippen MR) is 114 cm³/mol. The van der Waals surface area contributed by atoms with Crippen LogP contribution < -0.4 is 10.9 Å². The molecule has 1 fully saturated rings. The number of fused-ring (bicyclic) bond motifs is 1. The van der Waals surface area contributed by atoms with Crippen molar-refractivity contribution in [2.75, 3.05) is 11.9 Å². The zero-order valence-corrected chi connectivity index (χ0v) is 17.0. The van der Waals surface area contributed by atoms with Crippen molar-refractivity contribution in [3.05, 3.63) is 40.8 Å². The van der Waals surface area contributed by atoms with Crippen LogP contribution in [0.4, 0.5) is 5.69 Å². The number of pyridine rings is 1. The van der Waals surface area contributed by atoms with Crippen LogP contribution in [-0.2, 0) is 4.79 Å². The number of amides is 1. The van der Waals surface area contributed by atoms with Crippen molar-refractivity contribution < 1.29 is 9.90 Å². The van der Waals surface area contributed by atoms with Gasteiger partial charge in [0.05, 0.1) is 12.6 Å². The molecule has 1 atom stereocenters. The topological polar surface area (TPSA) is 71.3 Å². The van der Waals surface area contributed by atoms with Gasteiger partial charge in [-0.3, -0.25) is 9.59 Å². The summed E-state index contributed by atoms with van der Waals surface area (Å²) in [5.74, 6) is 0.632. The summed E-state index contributed by atoms with van der Waals surface area (Å²) >= 11 is 0. The highest BCUT2D eigenvalue weighted by Crippen LogP contribution is 2.27. The molecule has 5 heteroatoms. The summed E-state index contributed by atoms with van der Waals surface area (Å²) in [5.41, 5.74) is 0.551. The van der Waals surface area contributed by atoms with Crippen LogP contribution in [0.15, 0.2) is 35.3 Å². The lowest BCUT2D eigenvalue weighted by molar-refractivity contribution is -0.117. The second-order valence-electron chi connectivity index (χ2n) is 8.40. The van der Waals surface area contributed by atoms with E-state index in [2.05, 4.69) is 5.32 Å². The molecule has 152 valence electrons. The highest BCUT2D eigenvalue weighted by atomic mass is 16.3. The fraction of sp³-hybridized carbons (Fsp3) is 0.565. The molecule has 1 aromatic carbocycles. The van der Waals surface area contributed by atoms with Gasteiger partial charge in [-0.15, -0.1) is 0 Å². The minimum absolute atomic E-state index is 0.0268. The molecule has 5 nitrogen and oxygen atoms in total. The third-order valence-electron chi connectivity index (χ3n) is 6.01. The Kier molecular flexibility index (Phi) is 6.89. The van der Waals surface area contributed by atoms with Crippen LogP contribution in [0.1, 0.15) is 64.8 Å². The van der Waals surface area contributed by atoms with Gasteiger partial charge in [0.25, 0.3) is 5.56 Å². The van der Waals surface area contributed by atoms with E-state index in [-0.39, 0.29) is 30.0 Å². The second kappa shape index (κ2) is 9.37. The quantitative estimate of drug-likeness (QED) is 0.721. The highest BCUT2D eigenvalue weighted by Gasteiger charge is 2.19. The minimum atomic E-state index is -0.259. The van der Waals surface area contributed by atoms with Crippen molar-refractivity contribution >= 4 is 22.4 Å². The van der Waals surface area contributed by atoms with E-state index < -0.39 is 0 Å². The van der Waals surface area contributed by atoms with Crippen LogP contribution >= 0.6 is 0 Å². The van der Waals surface area contributed by atoms with Crippen molar-refractivity contribution in [1.29, 1.82) is 0 Å². The van der Waals surface area contributed by atoms with E-state index in [4.69, 9.17) is 0 Å². The number of aliphatic hydroxyl groups excluding tert-OH is 1. The number of hydrogen-bond acceptors (Lipinski definition) is 3. The summed E-state index contributed by atoms with van der Waals surface area (Å²) in [6, 6.07) is 7.04. The molecule has 0 aliphatic heterocycles. The Bertz CT molecular complexity index is 864. The molecule has 0 unspecified atom stereocenters. The largest absolute Gasteiger partial charge is 0.394 e. The first-order valence-corrected chi connectivity index (χ1v) is 10.6. The molecule has 1 aliphatic carbocycles. The SMILES string of the molecule is CC(C)[C@H](CO)n1ccc2c(NC(=O)CC3CCCCCC3)cccc2c1=O. The Balaban J connectivity index is 1.83. The molecule has 2 N–H and O–H groups in total. The molecule has 1 amide bonds. The lowest BCUT2D eigenvalue weighted by Crippen LogP contribution is -2.29. The lowest BCUT2D eigenvalue weighted by Gasteiger charge is -2.22. The van der Waals surface area contributed by atoms with Gasteiger partial charge >= 0.3 is 0 Å². The van der Waals surface area contributed by atoms with Gasteiger partial charge < -0.3 is 15.0 Å². The number of nitrogens with zero attached hydrogens (tertiary/aromatic N) is 1. The van der Waals surface area contributed by atoms with Gasteiger partial charge in [0.1, 0.15) is 0 Å². The van der Waals surface area contributed by atoms with Crippen LogP contribution in [0.25, 0.3) is 10.8 Å². The summed E-state index contributed by atoms with van der Waals surface area (Å²) in [6.07, 6.45) is 9.52. The Morgan fingerprint density at radius 3 is 2.50 bits per heavy atom. The van der Waals surface area contributed by atoms with Crippen LogP contribution in [0, 0.1) is 11.8 Å². The third kappa shape index (κ3) is 4.64. The van der Waals surface area contributed by atoms with Gasteiger partial charge in [-0.2, -0.15) is 0 Å². The van der Waals surface area contributed by atoms with E-state index >= 15 is 0 Å². The Morgan fingerprint density at radius 2 is 1.86 bits per heavy atom. The molecule has 0 radical (unpaired) electrons. The van der Waals surface area contributed by atoms with Gasteiger partial charge in [-0.1, -0.05) is 45.6 Å². The molecular formula is C23H32N2O3. The number of benzene rings is 1. The molecule has 0 saturated heterocycles. The Morgan fingerprint density at radius 1 is 1.14 bits per heavy atom.